The zero-order valence-corrected chi connectivity index (χ0v) is 31.2. The number of carbonyl (C=O) groups is 3. The molecule has 2 aromatic heterocycles. The number of nitrogens with zero attached hydrogens (tertiary/aromatic N) is 4. The Morgan fingerprint density at radius 2 is 1.72 bits per heavy atom. The van der Waals surface area contributed by atoms with Gasteiger partial charge in [0.25, 0.3) is 0 Å². The third-order valence-electron chi connectivity index (χ3n) is 10.5. The number of aromatic nitrogens is 2. The Morgan fingerprint density at radius 1 is 1.02 bits per heavy atom. The number of anilines is 1. The van der Waals surface area contributed by atoms with Crippen molar-refractivity contribution in [3.05, 3.63) is 41.2 Å². The molecule has 11 nitrogen and oxygen atoms in total. The number of amides is 3. The number of aliphatic hydroxyl groups excluding tert-OH is 2. The molecular formula is C38H60N6O5S. The molecule has 3 amide bonds. The van der Waals surface area contributed by atoms with Gasteiger partial charge in [-0.3, -0.25) is 19.4 Å². The third kappa shape index (κ3) is 12.6. The summed E-state index contributed by atoms with van der Waals surface area (Å²) in [6.07, 6.45) is 11.1. The van der Waals surface area contributed by atoms with E-state index < -0.39 is 30.1 Å². The van der Waals surface area contributed by atoms with Crippen molar-refractivity contribution in [2.75, 3.05) is 32.4 Å². The lowest BCUT2D eigenvalue weighted by Crippen LogP contribution is -2.55. The minimum Gasteiger partial charge on any atom is -0.390 e. The highest BCUT2D eigenvalue weighted by molar-refractivity contribution is 7.13. The number of thiazole rings is 1. The van der Waals surface area contributed by atoms with Crippen molar-refractivity contribution in [1.29, 1.82) is 0 Å². The lowest BCUT2D eigenvalue weighted by atomic mass is 9.81. The Balaban J connectivity index is 1.53. The predicted octanol–water partition coefficient (Wildman–Crippen LogP) is 4.61. The number of hydrogen-bond donors (Lipinski definition) is 4. The van der Waals surface area contributed by atoms with Crippen molar-refractivity contribution >= 4 is 34.2 Å². The van der Waals surface area contributed by atoms with E-state index >= 15 is 0 Å². The molecular weight excluding hydrogens is 653 g/mol. The Kier molecular flexibility index (Phi) is 15.9. The van der Waals surface area contributed by atoms with E-state index in [1.807, 2.05) is 42.3 Å². The van der Waals surface area contributed by atoms with E-state index in [0.29, 0.717) is 55.0 Å². The van der Waals surface area contributed by atoms with Crippen LogP contribution >= 0.6 is 11.3 Å². The van der Waals surface area contributed by atoms with Gasteiger partial charge in [0.15, 0.2) is 5.13 Å². The van der Waals surface area contributed by atoms with Crippen molar-refractivity contribution < 1.29 is 24.6 Å². The summed E-state index contributed by atoms with van der Waals surface area (Å²) in [7, 11) is 1.70. The normalized spacial score (nSPS) is 18.0. The Bertz CT molecular complexity index is 1330. The van der Waals surface area contributed by atoms with E-state index in [9.17, 15) is 24.6 Å². The van der Waals surface area contributed by atoms with Crippen molar-refractivity contribution in [3.8, 4) is 0 Å². The van der Waals surface area contributed by atoms with E-state index in [1.54, 1.807) is 18.1 Å². The van der Waals surface area contributed by atoms with Crippen LogP contribution in [0.5, 0.6) is 0 Å². The van der Waals surface area contributed by atoms with E-state index in [4.69, 9.17) is 5.73 Å². The van der Waals surface area contributed by atoms with Crippen LogP contribution in [0.2, 0.25) is 0 Å². The number of hydrogen-bond acceptors (Lipinski definition) is 9. The van der Waals surface area contributed by atoms with Gasteiger partial charge in [-0.2, -0.15) is 0 Å². The molecule has 0 spiro atoms. The molecule has 0 unspecified atom stereocenters. The van der Waals surface area contributed by atoms with Crippen molar-refractivity contribution in [2.24, 2.45) is 23.7 Å². The molecule has 5 N–H and O–H groups in total. The third-order valence-corrected chi connectivity index (χ3v) is 11.2. The van der Waals surface area contributed by atoms with Crippen LogP contribution in [0.25, 0.3) is 0 Å². The van der Waals surface area contributed by atoms with E-state index in [0.717, 1.165) is 57.1 Å². The molecule has 2 fully saturated rings. The Labute approximate surface area is 302 Å². The summed E-state index contributed by atoms with van der Waals surface area (Å²) in [6.45, 7) is 4.80. The second kappa shape index (κ2) is 20.1. The average molecular weight is 713 g/mol. The molecule has 0 bridgehead atoms. The fourth-order valence-corrected chi connectivity index (χ4v) is 8.24. The summed E-state index contributed by atoms with van der Waals surface area (Å²) in [4.78, 5) is 53.4. The smallest absolute Gasteiger partial charge is 0.241 e. The van der Waals surface area contributed by atoms with E-state index in [2.05, 4.69) is 15.3 Å². The first-order valence-electron chi connectivity index (χ1n) is 18.8. The summed E-state index contributed by atoms with van der Waals surface area (Å²) < 4.78 is 0. The fraction of sp³-hybridized carbons (Fsp3) is 0.711. The summed E-state index contributed by atoms with van der Waals surface area (Å²) in [6, 6.07) is 5.09. The van der Waals surface area contributed by atoms with Crippen LogP contribution in [0.1, 0.15) is 102 Å². The maximum atomic E-state index is 14.9. The highest BCUT2D eigenvalue weighted by Crippen LogP contribution is 2.34. The number of likely N-dealkylation sites (N-methyl/N-ethyl adjacent to an activating group) is 1. The molecule has 2 aliphatic carbocycles. The van der Waals surface area contributed by atoms with Crippen LogP contribution in [0, 0.1) is 23.7 Å². The van der Waals surface area contributed by atoms with Crippen molar-refractivity contribution in [3.63, 3.8) is 0 Å². The van der Waals surface area contributed by atoms with Gasteiger partial charge in [0.1, 0.15) is 6.10 Å². The first kappa shape index (κ1) is 39.7. The van der Waals surface area contributed by atoms with Gasteiger partial charge in [0.2, 0.25) is 17.7 Å². The zero-order valence-electron chi connectivity index (χ0n) is 30.3. The van der Waals surface area contributed by atoms with Crippen LogP contribution in [0.4, 0.5) is 5.13 Å². The molecule has 12 heteroatoms. The first-order chi connectivity index (χ1) is 24.0. The largest absolute Gasteiger partial charge is 0.390 e. The second-order valence-electron chi connectivity index (χ2n) is 15.1. The van der Waals surface area contributed by atoms with Crippen molar-refractivity contribution in [1.82, 2.24) is 25.1 Å². The van der Waals surface area contributed by atoms with Crippen LogP contribution < -0.4 is 11.1 Å². The Morgan fingerprint density at radius 3 is 2.36 bits per heavy atom. The summed E-state index contributed by atoms with van der Waals surface area (Å²) in [5.74, 6) is -0.796. The summed E-state index contributed by atoms with van der Waals surface area (Å²) >= 11 is 1.29. The van der Waals surface area contributed by atoms with Crippen LogP contribution in [-0.4, -0.2) is 92.6 Å². The maximum absolute atomic E-state index is 14.9. The second-order valence-corrected chi connectivity index (χ2v) is 16.0. The highest BCUT2D eigenvalue weighted by atomic mass is 32.1. The maximum Gasteiger partial charge on any atom is 0.241 e. The van der Waals surface area contributed by atoms with Crippen LogP contribution in [0.3, 0.4) is 0 Å². The number of pyridine rings is 1. The predicted molar refractivity (Wildman–Crippen MR) is 197 cm³/mol. The molecule has 2 heterocycles. The molecule has 2 aliphatic rings. The van der Waals surface area contributed by atoms with Gasteiger partial charge in [-0.25, -0.2) is 4.98 Å². The molecule has 50 heavy (non-hydrogen) atoms. The number of nitrogens with two attached hydrogens (primary N) is 1. The number of rotatable bonds is 19. The van der Waals surface area contributed by atoms with Gasteiger partial charge in [-0.15, -0.1) is 11.3 Å². The number of aliphatic hydroxyl groups is 2. The van der Waals surface area contributed by atoms with Crippen molar-refractivity contribution in [2.45, 2.75) is 122 Å². The number of carbonyl (C=O) groups excluding carboxylic acids is 3. The molecule has 4 atom stereocenters. The van der Waals surface area contributed by atoms with Gasteiger partial charge in [0.05, 0.1) is 30.3 Å². The minimum atomic E-state index is -1.10. The standard InChI is InChI=1S/C38H60N6O5S/c1-26(2)19-33(45)36(48)32(20-27-11-5-4-6-12-27)44(24-28-13-7-8-14-28)37(49)29(21-31-25-50-38(39)42-31)22-34(46)41-23-35(47)43(3)18-16-30-15-9-10-17-40-30/h9-10,15,17,25-29,32-33,36,45,48H,4-8,11-14,16,18-24H2,1-3H3,(H2,39,42)(H,41,46)/t29-,32+,33+,36-/m1/s1. The quantitative estimate of drug-likeness (QED) is 0.164. The lowest BCUT2D eigenvalue weighted by Gasteiger charge is -2.42. The monoisotopic (exact) mass is 712 g/mol. The fourth-order valence-electron chi connectivity index (χ4n) is 7.66. The van der Waals surface area contributed by atoms with Crippen LogP contribution in [0.15, 0.2) is 29.8 Å². The summed E-state index contributed by atoms with van der Waals surface area (Å²) in [5, 5.41) is 28.0. The number of nitrogens with one attached hydrogen (secondary N) is 1. The van der Waals surface area contributed by atoms with Gasteiger partial charge in [-0.1, -0.05) is 64.9 Å². The highest BCUT2D eigenvalue weighted by Gasteiger charge is 2.40. The molecule has 0 saturated heterocycles. The molecule has 0 aromatic carbocycles. The molecule has 0 radical (unpaired) electrons. The van der Waals surface area contributed by atoms with Gasteiger partial charge in [0, 0.05) is 56.7 Å². The lowest BCUT2D eigenvalue weighted by molar-refractivity contribution is -0.147. The van der Waals surface area contributed by atoms with Crippen LogP contribution in [-0.2, 0) is 27.2 Å². The van der Waals surface area contributed by atoms with Gasteiger partial charge < -0.3 is 31.1 Å². The van der Waals surface area contributed by atoms with Gasteiger partial charge >= 0.3 is 0 Å². The average Bonchev–Trinajstić information content (AvgIpc) is 3.78. The van der Waals surface area contributed by atoms with E-state index in [-0.39, 0.29) is 37.1 Å². The molecule has 2 aromatic rings. The molecule has 2 saturated carbocycles. The first-order valence-corrected chi connectivity index (χ1v) is 19.6. The van der Waals surface area contributed by atoms with E-state index in [1.165, 1.54) is 17.8 Å². The molecule has 0 aliphatic heterocycles. The molecule has 4 rings (SSSR count). The minimum absolute atomic E-state index is 0.136. The molecule has 278 valence electrons. The SMILES string of the molecule is CC(C)C[C@H](O)[C@H](O)[C@H](CC1CCCCC1)N(CC1CCCC1)C(=O)[C@@H](CC(=O)NCC(=O)N(C)CCc1ccccn1)Cc1csc(N)n1. The topological polar surface area (TPSA) is 162 Å². The summed E-state index contributed by atoms with van der Waals surface area (Å²) in [5.41, 5.74) is 7.48. The van der Waals surface area contributed by atoms with Gasteiger partial charge in [-0.05, 0) is 55.6 Å². The Hall–Kier alpha value is -3.09. The zero-order chi connectivity index (χ0) is 36.0. The number of nitrogen functional groups attached to an aromatic ring is 1.